The van der Waals surface area contributed by atoms with Gasteiger partial charge in [-0.15, -0.1) is 0 Å². The van der Waals surface area contributed by atoms with Gasteiger partial charge in [-0.25, -0.2) is 9.37 Å². The molecule has 5 nitrogen and oxygen atoms in total. The van der Waals surface area contributed by atoms with Gasteiger partial charge in [-0.2, -0.15) is 5.26 Å². The first-order valence-electron chi connectivity index (χ1n) is 6.79. The van der Waals surface area contributed by atoms with E-state index in [-0.39, 0.29) is 11.9 Å². The third-order valence-corrected chi connectivity index (χ3v) is 4.19. The second-order valence-corrected chi connectivity index (χ2v) is 5.28. The highest BCUT2D eigenvalue weighted by molar-refractivity contribution is 5.99. The van der Waals surface area contributed by atoms with Crippen molar-refractivity contribution in [2.45, 2.75) is 18.9 Å². The van der Waals surface area contributed by atoms with Crippen LogP contribution in [0.2, 0.25) is 0 Å². The summed E-state index contributed by atoms with van der Waals surface area (Å²) in [5.41, 5.74) is 1.97. The lowest BCUT2D eigenvalue weighted by molar-refractivity contribution is 0.0738. The topological polar surface area (TPSA) is 61.9 Å². The molecule has 3 heterocycles. The maximum atomic E-state index is 13.5. The highest BCUT2D eigenvalue weighted by atomic mass is 19.1. The molecule has 0 saturated carbocycles. The SMILES string of the molecule is N#Cc1ncn2c1[C@@H]1CCCN1C(=O)c1cc(F)ccc1-2. The lowest BCUT2D eigenvalue weighted by Crippen LogP contribution is -2.29. The van der Waals surface area contributed by atoms with Crippen molar-refractivity contribution in [3.8, 4) is 11.8 Å². The van der Waals surface area contributed by atoms with Gasteiger partial charge >= 0.3 is 0 Å². The van der Waals surface area contributed by atoms with E-state index in [0.29, 0.717) is 23.5 Å². The number of nitrogens with zero attached hydrogens (tertiary/aromatic N) is 4. The van der Waals surface area contributed by atoms with Crippen LogP contribution in [0.15, 0.2) is 24.5 Å². The fourth-order valence-electron chi connectivity index (χ4n) is 3.29. The number of nitriles is 1. The third kappa shape index (κ3) is 1.54. The minimum Gasteiger partial charge on any atom is -0.330 e. The summed E-state index contributed by atoms with van der Waals surface area (Å²) in [6.07, 6.45) is 3.21. The van der Waals surface area contributed by atoms with Crippen LogP contribution in [0.1, 0.15) is 40.6 Å². The molecule has 1 atom stereocenters. The Morgan fingerprint density at radius 2 is 2.29 bits per heavy atom. The van der Waals surface area contributed by atoms with Crippen molar-refractivity contribution in [2.75, 3.05) is 6.54 Å². The molecule has 0 aliphatic carbocycles. The van der Waals surface area contributed by atoms with Crippen LogP contribution < -0.4 is 0 Å². The largest absolute Gasteiger partial charge is 0.330 e. The smallest absolute Gasteiger partial charge is 0.256 e. The van der Waals surface area contributed by atoms with E-state index in [1.165, 1.54) is 12.1 Å². The molecule has 0 bridgehead atoms. The van der Waals surface area contributed by atoms with Crippen molar-refractivity contribution < 1.29 is 9.18 Å². The van der Waals surface area contributed by atoms with E-state index in [1.807, 2.05) is 0 Å². The molecule has 2 aliphatic rings. The highest BCUT2D eigenvalue weighted by Gasteiger charge is 2.38. The molecule has 1 saturated heterocycles. The molecule has 104 valence electrons. The van der Waals surface area contributed by atoms with E-state index >= 15 is 0 Å². The van der Waals surface area contributed by atoms with Gasteiger partial charge in [0.1, 0.15) is 18.2 Å². The monoisotopic (exact) mass is 282 g/mol. The van der Waals surface area contributed by atoms with Crippen LogP contribution in [0.3, 0.4) is 0 Å². The Hall–Kier alpha value is -2.68. The van der Waals surface area contributed by atoms with E-state index in [4.69, 9.17) is 0 Å². The molecule has 0 spiro atoms. The molecule has 2 aliphatic heterocycles. The first-order chi connectivity index (χ1) is 10.2. The zero-order valence-electron chi connectivity index (χ0n) is 11.1. The number of halogens is 1. The minimum atomic E-state index is -0.443. The maximum absolute atomic E-state index is 13.5. The van der Waals surface area contributed by atoms with Crippen molar-refractivity contribution >= 4 is 5.91 Å². The summed E-state index contributed by atoms with van der Waals surface area (Å²) in [7, 11) is 0. The molecule has 1 aromatic heterocycles. The third-order valence-electron chi connectivity index (χ3n) is 4.19. The van der Waals surface area contributed by atoms with Crippen molar-refractivity contribution in [3.05, 3.63) is 47.3 Å². The summed E-state index contributed by atoms with van der Waals surface area (Å²) in [4.78, 5) is 18.5. The minimum absolute atomic E-state index is 0.162. The van der Waals surface area contributed by atoms with Gasteiger partial charge in [-0.1, -0.05) is 0 Å². The standard InChI is InChI=1S/C15H11FN4O/c16-9-3-4-12-10(6-9)15(21)19-5-1-2-13(19)14-11(7-17)18-8-20(12)14/h3-4,6,8,13H,1-2,5H2/t13-/m0/s1. The van der Waals surface area contributed by atoms with Crippen molar-refractivity contribution in [2.24, 2.45) is 0 Å². The zero-order chi connectivity index (χ0) is 14.6. The molecule has 6 heteroatoms. The fraction of sp³-hybridized carbons (Fsp3) is 0.267. The molecule has 0 unspecified atom stereocenters. The van der Waals surface area contributed by atoms with Crippen LogP contribution in [-0.2, 0) is 0 Å². The van der Waals surface area contributed by atoms with Crippen molar-refractivity contribution in [3.63, 3.8) is 0 Å². The Morgan fingerprint density at radius 1 is 1.43 bits per heavy atom. The first-order valence-corrected chi connectivity index (χ1v) is 6.79. The number of benzene rings is 1. The average Bonchev–Trinajstić information content (AvgIpc) is 3.10. The van der Waals surface area contributed by atoms with Crippen LogP contribution in [0.5, 0.6) is 0 Å². The van der Waals surface area contributed by atoms with Gasteiger partial charge in [-0.05, 0) is 31.0 Å². The summed E-state index contributed by atoms with van der Waals surface area (Å²) >= 11 is 0. The molecule has 21 heavy (non-hydrogen) atoms. The van der Waals surface area contributed by atoms with Crippen LogP contribution >= 0.6 is 0 Å². The van der Waals surface area contributed by atoms with E-state index in [1.54, 1.807) is 21.9 Å². The highest BCUT2D eigenvalue weighted by Crippen LogP contribution is 2.39. The number of aromatic nitrogens is 2. The van der Waals surface area contributed by atoms with E-state index in [9.17, 15) is 14.4 Å². The van der Waals surface area contributed by atoms with Gasteiger partial charge < -0.3 is 4.90 Å². The van der Waals surface area contributed by atoms with Gasteiger partial charge in [-0.3, -0.25) is 9.36 Å². The number of carbonyl (C=O) groups is 1. The van der Waals surface area contributed by atoms with E-state index < -0.39 is 5.82 Å². The molecule has 1 fully saturated rings. The summed E-state index contributed by atoms with van der Waals surface area (Å²) < 4.78 is 15.3. The number of hydrogen-bond acceptors (Lipinski definition) is 3. The van der Waals surface area contributed by atoms with Gasteiger partial charge in [0.15, 0.2) is 5.69 Å². The number of amides is 1. The van der Waals surface area contributed by atoms with Crippen molar-refractivity contribution in [1.82, 2.24) is 14.5 Å². The molecule has 4 rings (SSSR count). The zero-order valence-corrected chi connectivity index (χ0v) is 11.1. The molecular formula is C15H11FN4O. The van der Waals surface area contributed by atoms with Crippen LogP contribution in [0.4, 0.5) is 4.39 Å². The number of carbonyl (C=O) groups excluding carboxylic acids is 1. The van der Waals surface area contributed by atoms with Gasteiger partial charge in [0.05, 0.1) is 23.0 Å². The quantitative estimate of drug-likeness (QED) is 0.744. The molecule has 1 aromatic carbocycles. The number of fused-ring (bicyclic) bond motifs is 5. The first kappa shape index (κ1) is 12.1. The maximum Gasteiger partial charge on any atom is 0.256 e. The van der Waals surface area contributed by atoms with Gasteiger partial charge in [0.25, 0.3) is 5.91 Å². The second-order valence-electron chi connectivity index (χ2n) is 5.28. The van der Waals surface area contributed by atoms with Crippen LogP contribution in [0.25, 0.3) is 5.69 Å². The van der Waals surface area contributed by atoms with E-state index in [2.05, 4.69) is 11.1 Å². The van der Waals surface area contributed by atoms with Gasteiger partial charge in [0, 0.05) is 6.54 Å². The lowest BCUT2D eigenvalue weighted by Gasteiger charge is -2.22. The molecular weight excluding hydrogens is 271 g/mol. The molecule has 0 radical (unpaired) electrons. The summed E-state index contributed by atoms with van der Waals surface area (Å²) in [5.74, 6) is -0.624. The predicted octanol–water partition coefficient (Wildman–Crippen LogP) is 2.17. The van der Waals surface area contributed by atoms with Gasteiger partial charge in [0.2, 0.25) is 0 Å². The van der Waals surface area contributed by atoms with E-state index in [0.717, 1.165) is 18.5 Å². The summed E-state index contributed by atoms with van der Waals surface area (Å²) in [6.45, 7) is 0.621. The molecule has 1 amide bonds. The molecule has 0 N–H and O–H groups in total. The number of hydrogen-bond donors (Lipinski definition) is 0. The fourth-order valence-corrected chi connectivity index (χ4v) is 3.29. The normalized spacial score (nSPS) is 19.5. The Kier molecular flexibility index (Phi) is 2.39. The Bertz CT molecular complexity index is 804. The van der Waals surface area contributed by atoms with Crippen molar-refractivity contribution in [1.29, 1.82) is 5.26 Å². The number of imidazole rings is 1. The second kappa shape index (κ2) is 4.16. The lowest BCUT2D eigenvalue weighted by atomic mass is 10.1. The number of rotatable bonds is 0. The predicted molar refractivity (Wildman–Crippen MR) is 71.2 cm³/mol. The Morgan fingerprint density at radius 3 is 3.10 bits per heavy atom. The Labute approximate surface area is 120 Å². The average molecular weight is 282 g/mol. The van der Waals surface area contributed by atoms with Crippen LogP contribution in [-0.4, -0.2) is 26.9 Å². The van der Waals surface area contributed by atoms with Crippen LogP contribution in [0, 0.1) is 17.1 Å². The Balaban J connectivity index is 2.06. The molecule has 2 aromatic rings. The summed E-state index contributed by atoms with van der Waals surface area (Å²) in [5, 5.41) is 9.26. The summed E-state index contributed by atoms with van der Waals surface area (Å²) in [6, 6.07) is 6.07.